The molecular weight excluding hydrogens is 288 g/mol. The minimum absolute atomic E-state index is 0.00270. The van der Waals surface area contributed by atoms with E-state index in [1.165, 1.54) is 24.1 Å². The van der Waals surface area contributed by atoms with Crippen LogP contribution in [0.2, 0.25) is 0 Å². The Labute approximate surface area is 126 Å². The molecule has 0 saturated carbocycles. The van der Waals surface area contributed by atoms with Crippen LogP contribution >= 0.6 is 0 Å². The molecule has 0 atom stereocenters. The quantitative estimate of drug-likeness (QED) is 0.769. The molecule has 2 heterocycles. The molecule has 0 aromatic heterocycles. The van der Waals surface area contributed by atoms with E-state index in [0.29, 0.717) is 12.5 Å². The Morgan fingerprint density at radius 1 is 1.41 bits per heavy atom. The number of aromatic amines is 1. The van der Waals surface area contributed by atoms with Gasteiger partial charge in [0.25, 0.3) is 5.56 Å². The molecule has 0 unspecified atom stereocenters. The largest absolute Gasteiger partial charge is 0.465 e. The summed E-state index contributed by atoms with van der Waals surface area (Å²) >= 11 is 0. The number of pyridine rings is 1. The Morgan fingerprint density at radius 2 is 2.14 bits per heavy atom. The molecule has 2 N–H and O–H groups in total. The van der Waals surface area contributed by atoms with Gasteiger partial charge in [-0.1, -0.05) is 13.8 Å². The van der Waals surface area contributed by atoms with E-state index in [1.54, 1.807) is 0 Å². The van der Waals surface area contributed by atoms with Crippen LogP contribution in [0.5, 0.6) is 0 Å². The van der Waals surface area contributed by atoms with Crippen molar-refractivity contribution in [1.82, 2.24) is 20.1 Å². The number of hydrogen-bond acceptors (Lipinski definition) is 5. The fraction of sp³-hybridized carbons (Fsp3) is 0.429. The highest BCUT2D eigenvalue weighted by atomic mass is 16.5. The molecule has 8 heteroatoms. The van der Waals surface area contributed by atoms with E-state index in [-0.39, 0.29) is 29.3 Å². The van der Waals surface area contributed by atoms with Crippen LogP contribution in [0.25, 0.3) is 11.3 Å². The second-order valence-electron chi connectivity index (χ2n) is 5.35. The lowest BCUT2D eigenvalue weighted by atomic mass is 10.1. The number of methoxy groups -OCH3 is 1. The number of hydrogen-bond donors (Lipinski definition) is 2. The fourth-order valence-electron chi connectivity index (χ4n) is 1.98. The van der Waals surface area contributed by atoms with Gasteiger partial charge in [0, 0.05) is 18.9 Å². The molecule has 0 fully saturated rings. The van der Waals surface area contributed by atoms with Gasteiger partial charge in [-0.05, 0) is 5.92 Å². The summed E-state index contributed by atoms with van der Waals surface area (Å²) in [5, 5.41) is 8.88. The van der Waals surface area contributed by atoms with Crippen molar-refractivity contribution in [2.75, 3.05) is 13.7 Å². The summed E-state index contributed by atoms with van der Waals surface area (Å²) in [4.78, 5) is 35.4. The maximum Gasteiger partial charge on any atom is 0.341 e. The summed E-state index contributed by atoms with van der Waals surface area (Å²) < 4.78 is 6.16. The number of aromatic nitrogens is 3. The number of ether oxygens (including phenoxy) is 1. The fourth-order valence-corrected chi connectivity index (χ4v) is 1.98. The average molecular weight is 306 g/mol. The van der Waals surface area contributed by atoms with E-state index in [2.05, 4.69) is 20.3 Å². The number of carbonyl (C=O) groups excluding carboxylic acids is 2. The third kappa shape index (κ3) is 3.33. The molecule has 0 aromatic rings. The van der Waals surface area contributed by atoms with E-state index in [9.17, 15) is 14.4 Å². The molecule has 118 valence electrons. The molecule has 0 radical (unpaired) electrons. The Bertz CT molecular complexity index is 716. The van der Waals surface area contributed by atoms with Crippen molar-refractivity contribution in [3.63, 3.8) is 0 Å². The highest BCUT2D eigenvalue weighted by Gasteiger charge is 2.22. The smallest absolute Gasteiger partial charge is 0.341 e. The number of carbonyl (C=O) groups is 2. The van der Waals surface area contributed by atoms with Gasteiger partial charge in [-0.25, -0.2) is 9.89 Å². The van der Waals surface area contributed by atoms with Gasteiger partial charge in [-0.3, -0.25) is 9.59 Å². The van der Waals surface area contributed by atoms with Gasteiger partial charge in [0.15, 0.2) is 0 Å². The van der Waals surface area contributed by atoms with Gasteiger partial charge >= 0.3 is 5.97 Å². The highest BCUT2D eigenvalue weighted by Crippen LogP contribution is 2.20. The van der Waals surface area contributed by atoms with Gasteiger partial charge in [-0.2, -0.15) is 5.10 Å². The van der Waals surface area contributed by atoms with Crippen LogP contribution in [0.3, 0.4) is 0 Å². The van der Waals surface area contributed by atoms with Crippen LogP contribution in [0.1, 0.15) is 24.2 Å². The highest BCUT2D eigenvalue weighted by molar-refractivity contribution is 5.96. The van der Waals surface area contributed by atoms with Crippen LogP contribution < -0.4 is 10.9 Å². The number of rotatable bonds is 5. The number of nitrogens with zero attached hydrogens (tertiary/aromatic N) is 2. The predicted octanol–water partition coefficient (Wildman–Crippen LogP) is 0.235. The molecule has 0 aliphatic carbocycles. The number of nitrogens with one attached hydrogen (secondary N) is 2. The second kappa shape index (κ2) is 6.42. The lowest BCUT2D eigenvalue weighted by Gasteiger charge is -2.12. The Hall–Kier alpha value is -2.64. The van der Waals surface area contributed by atoms with E-state index in [4.69, 9.17) is 0 Å². The first-order valence-electron chi connectivity index (χ1n) is 6.85. The SMILES string of the molecule is COC(=O)c1cn(CC(=O)NCC(C)C)cc2c(=O)[nH]nc1-2. The van der Waals surface area contributed by atoms with Gasteiger partial charge in [0.2, 0.25) is 5.91 Å². The van der Waals surface area contributed by atoms with Crippen molar-refractivity contribution >= 4 is 11.9 Å². The van der Waals surface area contributed by atoms with E-state index >= 15 is 0 Å². The zero-order valence-electron chi connectivity index (χ0n) is 12.7. The predicted molar refractivity (Wildman–Crippen MR) is 78.7 cm³/mol. The third-order valence-electron chi connectivity index (χ3n) is 3.05. The zero-order valence-corrected chi connectivity index (χ0v) is 12.7. The molecular formula is C14H18N4O4. The molecule has 2 aliphatic rings. The Kier molecular flexibility index (Phi) is 4.59. The first-order chi connectivity index (χ1) is 10.4. The van der Waals surface area contributed by atoms with Crippen molar-refractivity contribution < 1.29 is 14.3 Å². The lowest BCUT2D eigenvalue weighted by Crippen LogP contribution is -2.31. The van der Waals surface area contributed by atoms with Crippen LogP contribution in [0, 0.1) is 5.92 Å². The van der Waals surface area contributed by atoms with Crippen LogP contribution in [0.15, 0.2) is 17.2 Å². The first kappa shape index (κ1) is 15.7. The average Bonchev–Trinajstić information content (AvgIpc) is 2.85. The minimum Gasteiger partial charge on any atom is -0.465 e. The standard InChI is InChI=1S/C14H18N4O4/c1-8(2)4-15-11(19)7-18-5-9-12(16-17-13(9)20)10(6-18)14(21)22-3/h5-6,8H,4,7H2,1-3H3,(H,15,19)(H,17,20). The maximum absolute atomic E-state index is 11.9. The minimum atomic E-state index is -0.617. The summed E-state index contributed by atoms with van der Waals surface area (Å²) in [5.41, 5.74) is 0.183. The monoisotopic (exact) mass is 306 g/mol. The Balaban J connectivity index is 2.32. The summed E-state index contributed by atoms with van der Waals surface area (Å²) in [7, 11) is 1.24. The zero-order chi connectivity index (χ0) is 16.3. The molecule has 22 heavy (non-hydrogen) atoms. The van der Waals surface area contributed by atoms with Crippen molar-refractivity contribution in [3.8, 4) is 11.3 Å². The van der Waals surface area contributed by atoms with Crippen molar-refractivity contribution in [2.24, 2.45) is 5.92 Å². The molecule has 8 nitrogen and oxygen atoms in total. The van der Waals surface area contributed by atoms with E-state index < -0.39 is 11.5 Å². The normalized spacial score (nSPS) is 10.9. The molecule has 0 aromatic carbocycles. The van der Waals surface area contributed by atoms with Crippen LogP contribution in [-0.2, 0) is 16.1 Å². The molecule has 1 amide bonds. The maximum atomic E-state index is 11.9. The molecule has 2 aliphatic heterocycles. The van der Waals surface area contributed by atoms with Gasteiger partial charge in [-0.15, -0.1) is 0 Å². The van der Waals surface area contributed by atoms with Crippen molar-refractivity contribution in [1.29, 1.82) is 0 Å². The number of fused-ring (bicyclic) bond motifs is 1. The summed E-state index contributed by atoms with van der Waals surface area (Å²) in [5.74, 6) is -0.484. The molecule has 2 rings (SSSR count). The van der Waals surface area contributed by atoms with Gasteiger partial charge < -0.3 is 14.6 Å². The van der Waals surface area contributed by atoms with E-state index in [1.807, 2.05) is 13.8 Å². The van der Waals surface area contributed by atoms with Crippen molar-refractivity contribution in [2.45, 2.75) is 20.4 Å². The molecule has 0 saturated heterocycles. The molecule has 0 bridgehead atoms. The number of esters is 1. The third-order valence-corrected chi connectivity index (χ3v) is 3.05. The van der Waals surface area contributed by atoms with Crippen LogP contribution in [-0.4, -0.2) is 40.3 Å². The number of amides is 1. The van der Waals surface area contributed by atoms with E-state index in [0.717, 1.165) is 0 Å². The summed E-state index contributed by atoms with van der Waals surface area (Å²) in [6.45, 7) is 4.54. The van der Waals surface area contributed by atoms with Gasteiger partial charge in [0.1, 0.15) is 17.8 Å². The lowest BCUT2D eigenvalue weighted by molar-refractivity contribution is -0.121. The molecule has 0 spiro atoms. The van der Waals surface area contributed by atoms with Crippen molar-refractivity contribution in [3.05, 3.63) is 28.3 Å². The summed E-state index contributed by atoms with van der Waals surface area (Å²) in [6.07, 6.45) is 2.94. The summed E-state index contributed by atoms with van der Waals surface area (Å²) in [6, 6.07) is 0. The van der Waals surface area contributed by atoms with Crippen LogP contribution in [0.4, 0.5) is 0 Å². The Morgan fingerprint density at radius 3 is 2.77 bits per heavy atom. The first-order valence-corrected chi connectivity index (χ1v) is 6.85. The topological polar surface area (TPSA) is 106 Å². The second-order valence-corrected chi connectivity index (χ2v) is 5.35. The number of H-pyrrole nitrogens is 1. The van der Waals surface area contributed by atoms with Gasteiger partial charge in [0.05, 0.1) is 12.7 Å².